The molecule has 0 spiro atoms. The molecule has 6 nitrogen and oxygen atoms in total. The Balaban J connectivity index is 1.90. The van der Waals surface area contributed by atoms with Gasteiger partial charge in [0.1, 0.15) is 11.5 Å². The van der Waals surface area contributed by atoms with E-state index in [1.165, 1.54) is 0 Å². The van der Waals surface area contributed by atoms with Gasteiger partial charge in [-0.05, 0) is 42.9 Å². The number of carbonyl (C=O) groups is 1. The molecule has 0 unspecified atom stereocenters. The van der Waals surface area contributed by atoms with E-state index in [4.69, 9.17) is 23.2 Å². The van der Waals surface area contributed by atoms with Crippen LogP contribution in [-0.4, -0.2) is 38.4 Å². The molecule has 0 aliphatic rings. The van der Waals surface area contributed by atoms with Gasteiger partial charge in [-0.25, -0.2) is 4.98 Å². The van der Waals surface area contributed by atoms with Crippen molar-refractivity contribution in [3.05, 3.63) is 45.1 Å². The number of halogens is 2. The minimum absolute atomic E-state index is 0.0731. The highest BCUT2D eigenvalue weighted by molar-refractivity contribution is 6.32. The molecule has 3 aromatic rings. The van der Waals surface area contributed by atoms with Gasteiger partial charge in [-0.3, -0.25) is 4.79 Å². The number of hydrogen-bond donors (Lipinski definition) is 2. The predicted molar refractivity (Wildman–Crippen MR) is 143 cm³/mol. The van der Waals surface area contributed by atoms with E-state index in [0.29, 0.717) is 18.1 Å². The Kier molecular flexibility index (Phi) is 7.93. The highest BCUT2D eigenvalue weighted by Gasteiger charge is 2.26. The summed E-state index contributed by atoms with van der Waals surface area (Å²) in [7, 11) is 3.69. The van der Waals surface area contributed by atoms with E-state index in [0.717, 1.165) is 52.1 Å². The number of nitrogens with one attached hydrogen (secondary N) is 2. The largest absolute Gasteiger partial charge is 0.376 e. The first-order chi connectivity index (χ1) is 15.9. The van der Waals surface area contributed by atoms with Crippen LogP contribution in [0.15, 0.2) is 12.1 Å². The zero-order chi connectivity index (χ0) is 25.4. The average Bonchev–Trinajstić information content (AvgIpc) is 3.21. The molecule has 0 saturated heterocycles. The number of aryl methyl sites for hydroxylation is 1. The van der Waals surface area contributed by atoms with Crippen LogP contribution in [0.2, 0.25) is 10.2 Å². The molecule has 1 aromatic carbocycles. The lowest BCUT2D eigenvalue weighted by Crippen LogP contribution is -2.37. The Hall–Kier alpha value is -2.18. The number of fused-ring (bicyclic) bond motifs is 1. The van der Waals surface area contributed by atoms with Crippen molar-refractivity contribution in [1.82, 2.24) is 19.4 Å². The zero-order valence-corrected chi connectivity index (χ0v) is 23.1. The fraction of sp³-hybridized carbons (Fsp3) is 0.538. The van der Waals surface area contributed by atoms with Crippen molar-refractivity contribution in [2.75, 3.05) is 12.4 Å². The topological polar surface area (TPSA) is 66.0 Å². The SMILES string of the molecule is CCC[C@@H](CC)N(C)C(=O)c1c(Cl)nc(CNc2c(C)[nH]c3cc(Cl)c(C(C)(C)C)cc23)n1C. The third kappa shape index (κ3) is 5.08. The Bertz CT molecular complexity index is 1190. The van der Waals surface area contributed by atoms with Gasteiger partial charge in [0.15, 0.2) is 5.15 Å². The molecule has 34 heavy (non-hydrogen) atoms. The summed E-state index contributed by atoms with van der Waals surface area (Å²) in [5.41, 5.74) is 4.44. The maximum Gasteiger partial charge on any atom is 0.273 e. The van der Waals surface area contributed by atoms with Crippen LogP contribution < -0.4 is 5.32 Å². The fourth-order valence-electron chi connectivity index (χ4n) is 4.56. The Morgan fingerprint density at radius 3 is 2.53 bits per heavy atom. The second-order valence-corrected chi connectivity index (χ2v) is 10.9. The summed E-state index contributed by atoms with van der Waals surface area (Å²) in [6.45, 7) is 13.2. The van der Waals surface area contributed by atoms with Crippen LogP contribution in [0.5, 0.6) is 0 Å². The summed E-state index contributed by atoms with van der Waals surface area (Å²) in [6.07, 6.45) is 2.89. The van der Waals surface area contributed by atoms with E-state index in [2.05, 4.69) is 56.0 Å². The first-order valence-corrected chi connectivity index (χ1v) is 12.7. The zero-order valence-electron chi connectivity index (χ0n) is 21.6. The Morgan fingerprint density at radius 2 is 1.94 bits per heavy atom. The van der Waals surface area contributed by atoms with E-state index in [1.807, 2.05) is 27.1 Å². The molecule has 2 N–H and O–H groups in total. The number of hydrogen-bond acceptors (Lipinski definition) is 3. The van der Waals surface area contributed by atoms with Crippen molar-refractivity contribution < 1.29 is 4.79 Å². The minimum Gasteiger partial charge on any atom is -0.376 e. The van der Waals surface area contributed by atoms with Crippen LogP contribution in [0, 0.1) is 6.92 Å². The number of benzene rings is 1. The number of H-pyrrole nitrogens is 1. The molecule has 1 atom stereocenters. The molecule has 2 heterocycles. The second-order valence-electron chi connectivity index (χ2n) is 10.1. The van der Waals surface area contributed by atoms with Gasteiger partial charge in [0.25, 0.3) is 5.91 Å². The van der Waals surface area contributed by atoms with Crippen LogP contribution in [0.4, 0.5) is 5.69 Å². The van der Waals surface area contributed by atoms with Crippen molar-refractivity contribution >= 4 is 45.7 Å². The quantitative estimate of drug-likeness (QED) is 0.343. The van der Waals surface area contributed by atoms with Crippen molar-refractivity contribution in [2.45, 2.75) is 78.8 Å². The van der Waals surface area contributed by atoms with Crippen molar-refractivity contribution in [3.8, 4) is 0 Å². The molecule has 0 bridgehead atoms. The fourth-order valence-corrected chi connectivity index (χ4v) is 5.31. The smallest absolute Gasteiger partial charge is 0.273 e. The average molecular weight is 507 g/mol. The molecule has 0 fully saturated rings. The lowest BCUT2D eigenvalue weighted by atomic mass is 9.86. The van der Waals surface area contributed by atoms with Gasteiger partial charge in [0.05, 0.1) is 12.2 Å². The Morgan fingerprint density at radius 1 is 1.26 bits per heavy atom. The Labute approximate surface area is 213 Å². The number of aromatic nitrogens is 3. The summed E-state index contributed by atoms with van der Waals surface area (Å²) in [6, 6.07) is 4.32. The van der Waals surface area contributed by atoms with E-state index in [1.54, 1.807) is 9.47 Å². The maximum absolute atomic E-state index is 13.2. The number of anilines is 1. The third-order valence-corrected chi connectivity index (χ3v) is 7.19. The number of nitrogens with zero attached hydrogens (tertiary/aromatic N) is 3. The third-order valence-electron chi connectivity index (χ3n) is 6.61. The van der Waals surface area contributed by atoms with Gasteiger partial charge < -0.3 is 19.8 Å². The molecule has 0 aliphatic carbocycles. The maximum atomic E-state index is 13.2. The van der Waals surface area contributed by atoms with Crippen molar-refractivity contribution in [3.63, 3.8) is 0 Å². The van der Waals surface area contributed by atoms with Crippen molar-refractivity contribution in [2.24, 2.45) is 7.05 Å². The summed E-state index contributed by atoms with van der Waals surface area (Å²) < 4.78 is 1.80. The molecular formula is C26H37Cl2N5O. The van der Waals surface area contributed by atoms with Gasteiger partial charge in [-0.1, -0.05) is 64.2 Å². The number of amides is 1. The lowest BCUT2D eigenvalue weighted by Gasteiger charge is -2.27. The highest BCUT2D eigenvalue weighted by atomic mass is 35.5. The summed E-state index contributed by atoms with van der Waals surface area (Å²) >= 11 is 13.0. The standard InChI is InChI=1S/C26H37Cl2N5O/c1-9-11-16(10-2)32(7)25(34)23-24(28)31-21(33(23)8)14-29-22-15(3)30-20-13-19(27)18(12-17(20)22)26(4,5)6/h12-13,16,29-30H,9-11,14H2,1-8H3/t16-/m1/s1. The predicted octanol–water partition coefficient (Wildman–Crippen LogP) is 7.08. The van der Waals surface area contributed by atoms with Crippen LogP contribution in [0.1, 0.15) is 81.5 Å². The first-order valence-electron chi connectivity index (χ1n) is 11.9. The molecule has 0 aliphatic heterocycles. The molecule has 2 aromatic heterocycles. The summed E-state index contributed by atoms with van der Waals surface area (Å²) in [4.78, 5) is 23.0. The number of aromatic amines is 1. The van der Waals surface area contributed by atoms with Gasteiger partial charge in [0.2, 0.25) is 0 Å². The van der Waals surface area contributed by atoms with E-state index < -0.39 is 0 Å². The molecule has 0 saturated carbocycles. The molecular weight excluding hydrogens is 469 g/mol. The monoisotopic (exact) mass is 505 g/mol. The highest BCUT2D eigenvalue weighted by Crippen LogP contribution is 2.37. The van der Waals surface area contributed by atoms with Gasteiger partial charge >= 0.3 is 0 Å². The molecule has 0 radical (unpaired) electrons. The molecule has 8 heteroatoms. The van der Waals surface area contributed by atoms with E-state index >= 15 is 0 Å². The number of rotatable bonds is 8. The second kappa shape index (κ2) is 10.2. The normalized spacial score (nSPS) is 12.9. The van der Waals surface area contributed by atoms with Crippen molar-refractivity contribution in [1.29, 1.82) is 0 Å². The molecule has 1 amide bonds. The van der Waals surface area contributed by atoms with E-state index in [-0.39, 0.29) is 22.5 Å². The van der Waals surface area contributed by atoms with Crippen LogP contribution >= 0.6 is 23.2 Å². The molecule has 3 rings (SSSR count). The molecule has 186 valence electrons. The van der Waals surface area contributed by atoms with Gasteiger partial charge in [-0.2, -0.15) is 0 Å². The van der Waals surface area contributed by atoms with Gasteiger partial charge in [0, 0.05) is 41.8 Å². The number of carbonyl (C=O) groups excluding carboxylic acids is 1. The summed E-state index contributed by atoms with van der Waals surface area (Å²) in [5, 5.41) is 5.58. The van der Waals surface area contributed by atoms with Gasteiger partial charge in [-0.15, -0.1) is 0 Å². The lowest BCUT2D eigenvalue weighted by molar-refractivity contribution is 0.0709. The minimum atomic E-state index is -0.0979. The number of imidazole rings is 1. The first kappa shape index (κ1) is 26.4. The van der Waals surface area contributed by atoms with E-state index in [9.17, 15) is 4.79 Å². The van der Waals surface area contributed by atoms with Crippen LogP contribution in [-0.2, 0) is 19.0 Å². The van der Waals surface area contributed by atoms with Crippen LogP contribution in [0.3, 0.4) is 0 Å². The summed E-state index contributed by atoms with van der Waals surface area (Å²) in [5.74, 6) is 0.600. The van der Waals surface area contributed by atoms with Crippen LogP contribution in [0.25, 0.3) is 10.9 Å².